The molecular formula is C14H31N. The van der Waals surface area contributed by atoms with Crippen molar-refractivity contribution >= 4 is 0 Å². The topological polar surface area (TPSA) is 12.0 Å². The Hall–Kier alpha value is -0.0400. The fourth-order valence-electron chi connectivity index (χ4n) is 2.52. The third kappa shape index (κ3) is 5.55. The number of nitrogens with one attached hydrogen (secondary N) is 1. The summed E-state index contributed by atoms with van der Waals surface area (Å²) in [5.74, 6) is 0. The molecule has 2 fully saturated rings. The molecule has 0 aromatic rings. The molecule has 1 heterocycles. The predicted molar refractivity (Wildman–Crippen MR) is 70.3 cm³/mol. The summed E-state index contributed by atoms with van der Waals surface area (Å²) in [5, 5.41) is 3.48. The Kier molecular flexibility index (Phi) is 9.18. The first-order valence-electron chi connectivity index (χ1n) is 7.04. The average Bonchev–Trinajstić information content (AvgIpc) is 2.72. The van der Waals surface area contributed by atoms with E-state index < -0.39 is 0 Å². The van der Waals surface area contributed by atoms with Crippen molar-refractivity contribution in [1.29, 1.82) is 0 Å². The maximum absolute atomic E-state index is 3.48. The quantitative estimate of drug-likeness (QED) is 0.630. The van der Waals surface area contributed by atoms with Crippen LogP contribution in [-0.2, 0) is 0 Å². The minimum Gasteiger partial charge on any atom is -0.316 e. The van der Waals surface area contributed by atoms with Gasteiger partial charge in [0.25, 0.3) is 0 Å². The molecule has 1 saturated carbocycles. The molecule has 1 aliphatic heterocycles. The zero-order valence-corrected chi connectivity index (χ0v) is 11.4. The highest BCUT2D eigenvalue weighted by Gasteiger charge is 2.34. The van der Waals surface area contributed by atoms with Crippen LogP contribution in [0.15, 0.2) is 0 Å². The molecule has 1 N–H and O–H groups in total. The standard InChI is InChI=1S/C9H17N.C3H8.C2H6/c1-2-4-9(5-3-1)6-7-10-8-9;1-3-2;1-2/h10H,1-8H2;3H2,1-2H3;1-2H3. The molecule has 1 nitrogen and oxygen atoms in total. The van der Waals surface area contributed by atoms with Crippen LogP contribution in [0.1, 0.15) is 72.6 Å². The summed E-state index contributed by atoms with van der Waals surface area (Å²) in [4.78, 5) is 0. The summed E-state index contributed by atoms with van der Waals surface area (Å²) in [6, 6.07) is 0. The van der Waals surface area contributed by atoms with Gasteiger partial charge in [-0.15, -0.1) is 0 Å². The summed E-state index contributed by atoms with van der Waals surface area (Å²) in [5.41, 5.74) is 0.762. The second-order valence-corrected chi connectivity index (χ2v) is 4.69. The maximum atomic E-state index is 3.48. The summed E-state index contributed by atoms with van der Waals surface area (Å²) < 4.78 is 0. The van der Waals surface area contributed by atoms with Gasteiger partial charge in [0.1, 0.15) is 0 Å². The van der Waals surface area contributed by atoms with Gasteiger partial charge in [-0.1, -0.05) is 53.4 Å². The van der Waals surface area contributed by atoms with Crippen molar-refractivity contribution in [3.63, 3.8) is 0 Å². The van der Waals surface area contributed by atoms with E-state index in [1.807, 2.05) is 13.8 Å². The van der Waals surface area contributed by atoms with Crippen LogP contribution < -0.4 is 5.32 Å². The van der Waals surface area contributed by atoms with Crippen molar-refractivity contribution < 1.29 is 0 Å². The van der Waals surface area contributed by atoms with Crippen molar-refractivity contribution in [3.05, 3.63) is 0 Å². The van der Waals surface area contributed by atoms with E-state index in [-0.39, 0.29) is 0 Å². The third-order valence-electron chi connectivity index (χ3n) is 3.25. The molecule has 2 aliphatic rings. The Morgan fingerprint density at radius 2 is 1.47 bits per heavy atom. The molecule has 0 bridgehead atoms. The largest absolute Gasteiger partial charge is 0.316 e. The SMILES string of the molecule is C1CCC2(CC1)CCNC2.CC.CCC. The Morgan fingerprint density at radius 3 is 1.87 bits per heavy atom. The molecular weight excluding hydrogens is 182 g/mol. The first-order chi connectivity index (χ1) is 7.33. The molecule has 1 spiro atoms. The molecule has 0 aromatic heterocycles. The van der Waals surface area contributed by atoms with Crippen molar-refractivity contribution in [2.45, 2.75) is 72.6 Å². The lowest BCUT2D eigenvalue weighted by Crippen LogP contribution is -2.26. The van der Waals surface area contributed by atoms with Gasteiger partial charge >= 0.3 is 0 Å². The van der Waals surface area contributed by atoms with Crippen LogP contribution in [0.5, 0.6) is 0 Å². The summed E-state index contributed by atoms with van der Waals surface area (Å²) >= 11 is 0. The van der Waals surface area contributed by atoms with Crippen LogP contribution in [0, 0.1) is 5.41 Å². The van der Waals surface area contributed by atoms with Crippen LogP contribution in [0.4, 0.5) is 0 Å². The Bertz CT molecular complexity index is 117. The van der Waals surface area contributed by atoms with Gasteiger partial charge in [-0.2, -0.15) is 0 Å². The predicted octanol–water partition coefficient (Wildman–Crippen LogP) is 4.37. The van der Waals surface area contributed by atoms with Gasteiger partial charge in [-0.3, -0.25) is 0 Å². The van der Waals surface area contributed by atoms with Crippen LogP contribution in [0.3, 0.4) is 0 Å². The molecule has 0 amide bonds. The van der Waals surface area contributed by atoms with Crippen molar-refractivity contribution in [3.8, 4) is 0 Å². The van der Waals surface area contributed by atoms with Crippen molar-refractivity contribution in [2.75, 3.05) is 13.1 Å². The fourth-order valence-corrected chi connectivity index (χ4v) is 2.52. The normalized spacial score (nSPS) is 22.4. The Balaban J connectivity index is 0.000000342. The molecule has 15 heavy (non-hydrogen) atoms. The fraction of sp³-hybridized carbons (Fsp3) is 1.00. The van der Waals surface area contributed by atoms with E-state index in [9.17, 15) is 0 Å². The lowest BCUT2D eigenvalue weighted by molar-refractivity contribution is 0.216. The molecule has 1 saturated heterocycles. The Labute approximate surface area is 97.0 Å². The highest BCUT2D eigenvalue weighted by atomic mass is 14.9. The second kappa shape index (κ2) is 9.21. The van der Waals surface area contributed by atoms with Gasteiger partial charge in [-0.05, 0) is 31.2 Å². The molecule has 0 atom stereocenters. The van der Waals surface area contributed by atoms with Gasteiger partial charge in [0, 0.05) is 6.54 Å². The zero-order chi connectivity index (χ0) is 11.6. The highest BCUT2D eigenvalue weighted by molar-refractivity contribution is 4.89. The van der Waals surface area contributed by atoms with Gasteiger partial charge in [0.05, 0.1) is 0 Å². The van der Waals surface area contributed by atoms with Crippen LogP contribution in [0.2, 0.25) is 0 Å². The van der Waals surface area contributed by atoms with E-state index in [1.165, 1.54) is 58.0 Å². The van der Waals surface area contributed by atoms with E-state index in [1.54, 1.807) is 0 Å². The summed E-state index contributed by atoms with van der Waals surface area (Å²) in [7, 11) is 0. The first kappa shape index (κ1) is 15.0. The maximum Gasteiger partial charge on any atom is 0.000829 e. The van der Waals surface area contributed by atoms with Crippen molar-refractivity contribution in [1.82, 2.24) is 5.32 Å². The van der Waals surface area contributed by atoms with E-state index >= 15 is 0 Å². The average molecular weight is 213 g/mol. The third-order valence-corrected chi connectivity index (χ3v) is 3.25. The minimum atomic E-state index is 0.762. The number of rotatable bonds is 0. The van der Waals surface area contributed by atoms with Gasteiger partial charge in [-0.25, -0.2) is 0 Å². The molecule has 0 aromatic carbocycles. The molecule has 0 unspecified atom stereocenters. The lowest BCUT2D eigenvalue weighted by Gasteiger charge is -2.32. The second-order valence-electron chi connectivity index (χ2n) is 4.69. The van der Waals surface area contributed by atoms with Crippen LogP contribution in [0.25, 0.3) is 0 Å². The monoisotopic (exact) mass is 213 g/mol. The lowest BCUT2D eigenvalue weighted by atomic mass is 9.74. The van der Waals surface area contributed by atoms with E-state index in [4.69, 9.17) is 0 Å². The molecule has 2 rings (SSSR count). The smallest absolute Gasteiger partial charge is 0.000829 e. The molecule has 92 valence electrons. The Morgan fingerprint density at radius 1 is 0.933 bits per heavy atom. The van der Waals surface area contributed by atoms with Crippen LogP contribution in [-0.4, -0.2) is 13.1 Å². The zero-order valence-electron chi connectivity index (χ0n) is 11.4. The number of hydrogen-bond donors (Lipinski definition) is 1. The molecule has 1 aliphatic carbocycles. The molecule has 0 radical (unpaired) electrons. The van der Waals surface area contributed by atoms with Crippen molar-refractivity contribution in [2.24, 2.45) is 5.41 Å². The van der Waals surface area contributed by atoms with E-state index in [0.29, 0.717) is 0 Å². The van der Waals surface area contributed by atoms with Gasteiger partial charge in [0.15, 0.2) is 0 Å². The van der Waals surface area contributed by atoms with Gasteiger partial charge in [0.2, 0.25) is 0 Å². The molecule has 1 heteroatoms. The number of hydrogen-bond acceptors (Lipinski definition) is 1. The summed E-state index contributed by atoms with van der Waals surface area (Å²) in [6.45, 7) is 10.8. The van der Waals surface area contributed by atoms with E-state index in [2.05, 4.69) is 19.2 Å². The van der Waals surface area contributed by atoms with Gasteiger partial charge < -0.3 is 5.32 Å². The highest BCUT2D eigenvalue weighted by Crippen LogP contribution is 2.40. The van der Waals surface area contributed by atoms with E-state index in [0.717, 1.165) is 5.41 Å². The summed E-state index contributed by atoms with van der Waals surface area (Å²) in [6.07, 6.45) is 10.2. The first-order valence-corrected chi connectivity index (χ1v) is 7.04. The van der Waals surface area contributed by atoms with Crippen LogP contribution >= 0.6 is 0 Å². The minimum absolute atomic E-state index is 0.762.